The molecule has 98 valence electrons. The van der Waals surface area contributed by atoms with Crippen molar-refractivity contribution in [3.8, 4) is 0 Å². The van der Waals surface area contributed by atoms with E-state index in [1.165, 1.54) is 0 Å². The van der Waals surface area contributed by atoms with Crippen molar-refractivity contribution in [3.05, 3.63) is 0 Å². The summed E-state index contributed by atoms with van der Waals surface area (Å²) in [6.45, 7) is 8.36. The maximum Gasteiger partial charge on any atom is 0.245 e. The predicted molar refractivity (Wildman–Crippen MR) is 70.9 cm³/mol. The van der Waals surface area contributed by atoms with Crippen LogP contribution in [-0.4, -0.2) is 47.4 Å². The van der Waals surface area contributed by atoms with E-state index in [-0.39, 0.29) is 23.3 Å². The third kappa shape index (κ3) is 3.15. The largest absolute Gasteiger partial charge is 0.343 e. The highest BCUT2D eigenvalue weighted by molar-refractivity contribution is 7.98. The van der Waals surface area contributed by atoms with E-state index in [0.29, 0.717) is 6.54 Å². The number of hydrogen-bond donors (Lipinski definition) is 1. The van der Waals surface area contributed by atoms with Crippen LogP contribution in [0, 0.1) is 5.41 Å². The summed E-state index contributed by atoms with van der Waals surface area (Å²) in [5.74, 6) is 0.850. The van der Waals surface area contributed by atoms with E-state index in [1.54, 1.807) is 23.6 Å². The Kier molecular flexibility index (Phi) is 4.47. The molecule has 17 heavy (non-hydrogen) atoms. The molecule has 2 unspecified atom stereocenters. The SMILES string of the molecule is CSCCN1C(=O)C(C)NC(=O)C1C(C)(C)C. The molecule has 4 nitrogen and oxygen atoms in total. The van der Waals surface area contributed by atoms with Gasteiger partial charge in [0.1, 0.15) is 12.1 Å². The standard InChI is InChI=1S/C12H22N2O2S/c1-8-11(16)14(6-7-17-5)9(10(15)13-8)12(2,3)4/h8-9H,6-7H2,1-5H3,(H,13,15). The third-order valence-electron chi connectivity index (χ3n) is 2.93. The van der Waals surface area contributed by atoms with Crippen LogP contribution in [0.15, 0.2) is 0 Å². The van der Waals surface area contributed by atoms with Gasteiger partial charge in [-0.25, -0.2) is 0 Å². The van der Waals surface area contributed by atoms with Gasteiger partial charge in [0, 0.05) is 12.3 Å². The minimum absolute atomic E-state index is 0.0265. The van der Waals surface area contributed by atoms with Gasteiger partial charge >= 0.3 is 0 Å². The van der Waals surface area contributed by atoms with E-state index in [1.807, 2.05) is 27.0 Å². The fraction of sp³-hybridized carbons (Fsp3) is 0.833. The normalized spacial score (nSPS) is 26.1. The summed E-state index contributed by atoms with van der Waals surface area (Å²) in [4.78, 5) is 25.9. The lowest BCUT2D eigenvalue weighted by Crippen LogP contribution is -2.66. The predicted octanol–water partition coefficient (Wildman–Crippen LogP) is 1.11. The molecular weight excluding hydrogens is 236 g/mol. The molecule has 1 fully saturated rings. The summed E-state index contributed by atoms with van der Waals surface area (Å²) in [5.41, 5.74) is -0.238. The summed E-state index contributed by atoms with van der Waals surface area (Å²) in [6, 6.07) is -0.763. The van der Waals surface area contributed by atoms with Crippen LogP contribution in [0.4, 0.5) is 0 Å². The minimum atomic E-state index is -0.400. The minimum Gasteiger partial charge on any atom is -0.343 e. The van der Waals surface area contributed by atoms with Crippen molar-refractivity contribution < 1.29 is 9.59 Å². The zero-order chi connectivity index (χ0) is 13.2. The lowest BCUT2D eigenvalue weighted by atomic mass is 9.83. The van der Waals surface area contributed by atoms with E-state index in [0.717, 1.165) is 5.75 Å². The number of carbonyl (C=O) groups excluding carboxylic acids is 2. The molecule has 0 bridgehead atoms. The topological polar surface area (TPSA) is 49.4 Å². The van der Waals surface area contributed by atoms with Crippen molar-refractivity contribution in [1.82, 2.24) is 10.2 Å². The Morgan fingerprint density at radius 3 is 2.41 bits per heavy atom. The second-order valence-electron chi connectivity index (χ2n) is 5.52. The van der Waals surface area contributed by atoms with Gasteiger partial charge in [-0.2, -0.15) is 11.8 Å². The molecule has 0 aromatic heterocycles. The van der Waals surface area contributed by atoms with Gasteiger partial charge in [-0.3, -0.25) is 9.59 Å². The van der Waals surface area contributed by atoms with Crippen molar-refractivity contribution >= 4 is 23.6 Å². The Hall–Kier alpha value is -0.710. The van der Waals surface area contributed by atoms with Crippen LogP contribution in [0.5, 0.6) is 0 Å². The van der Waals surface area contributed by atoms with Gasteiger partial charge in [0.05, 0.1) is 0 Å². The molecular formula is C12H22N2O2S. The van der Waals surface area contributed by atoms with E-state index < -0.39 is 6.04 Å². The molecule has 5 heteroatoms. The number of amides is 2. The molecule has 0 aromatic rings. The first-order chi connectivity index (χ1) is 7.79. The molecule has 1 aliphatic rings. The van der Waals surface area contributed by atoms with Gasteiger partial charge in [-0.1, -0.05) is 20.8 Å². The van der Waals surface area contributed by atoms with E-state index >= 15 is 0 Å². The van der Waals surface area contributed by atoms with Crippen molar-refractivity contribution in [3.63, 3.8) is 0 Å². The average molecular weight is 258 g/mol. The molecule has 2 atom stereocenters. The van der Waals surface area contributed by atoms with Gasteiger partial charge < -0.3 is 10.2 Å². The molecule has 1 aliphatic heterocycles. The van der Waals surface area contributed by atoms with Crippen LogP contribution in [0.2, 0.25) is 0 Å². The molecule has 1 rings (SSSR count). The molecule has 2 amide bonds. The van der Waals surface area contributed by atoms with Gasteiger partial charge in [0.25, 0.3) is 0 Å². The average Bonchev–Trinajstić information content (AvgIpc) is 2.19. The molecule has 1 saturated heterocycles. The Balaban J connectivity index is 2.95. The van der Waals surface area contributed by atoms with Crippen LogP contribution in [0.1, 0.15) is 27.7 Å². The Morgan fingerprint density at radius 1 is 1.35 bits per heavy atom. The first-order valence-electron chi connectivity index (χ1n) is 5.89. The summed E-state index contributed by atoms with van der Waals surface area (Å²) in [5, 5.41) is 2.76. The molecule has 0 aromatic carbocycles. The highest BCUT2D eigenvalue weighted by atomic mass is 32.2. The van der Waals surface area contributed by atoms with Crippen molar-refractivity contribution in [2.24, 2.45) is 5.41 Å². The maximum absolute atomic E-state index is 12.1. The second kappa shape index (κ2) is 5.29. The smallest absolute Gasteiger partial charge is 0.245 e. The number of hydrogen-bond acceptors (Lipinski definition) is 3. The van der Waals surface area contributed by atoms with Crippen LogP contribution in [0.25, 0.3) is 0 Å². The van der Waals surface area contributed by atoms with Gasteiger partial charge in [0.15, 0.2) is 0 Å². The number of rotatable bonds is 3. The van der Waals surface area contributed by atoms with Crippen LogP contribution < -0.4 is 5.32 Å². The fourth-order valence-electron chi connectivity index (χ4n) is 2.16. The van der Waals surface area contributed by atoms with Crippen molar-refractivity contribution in [2.75, 3.05) is 18.6 Å². The lowest BCUT2D eigenvalue weighted by molar-refractivity contribution is -0.152. The number of carbonyl (C=O) groups is 2. The fourth-order valence-corrected chi connectivity index (χ4v) is 2.54. The Labute approximate surface area is 108 Å². The molecule has 0 aliphatic carbocycles. The molecule has 1 N–H and O–H groups in total. The van der Waals surface area contributed by atoms with Crippen LogP contribution in [-0.2, 0) is 9.59 Å². The van der Waals surface area contributed by atoms with Gasteiger partial charge in [-0.15, -0.1) is 0 Å². The monoisotopic (exact) mass is 258 g/mol. The van der Waals surface area contributed by atoms with Crippen LogP contribution >= 0.6 is 11.8 Å². The zero-order valence-corrected chi connectivity index (χ0v) is 12.1. The first kappa shape index (κ1) is 14.4. The van der Waals surface area contributed by atoms with E-state index in [4.69, 9.17) is 0 Å². The summed E-state index contributed by atoms with van der Waals surface area (Å²) in [6.07, 6.45) is 2.00. The highest BCUT2D eigenvalue weighted by Gasteiger charge is 2.44. The Bertz CT molecular complexity index is 312. The quantitative estimate of drug-likeness (QED) is 0.825. The summed E-state index contributed by atoms with van der Waals surface area (Å²) < 4.78 is 0. The van der Waals surface area contributed by atoms with Gasteiger partial charge in [-0.05, 0) is 18.6 Å². The van der Waals surface area contributed by atoms with Crippen molar-refractivity contribution in [1.29, 1.82) is 0 Å². The van der Waals surface area contributed by atoms with Crippen LogP contribution in [0.3, 0.4) is 0 Å². The molecule has 1 heterocycles. The molecule has 0 saturated carbocycles. The second-order valence-corrected chi connectivity index (χ2v) is 6.51. The molecule has 0 radical (unpaired) electrons. The molecule has 0 spiro atoms. The summed E-state index contributed by atoms with van der Waals surface area (Å²) in [7, 11) is 0. The maximum atomic E-state index is 12.1. The number of piperazine rings is 1. The van der Waals surface area contributed by atoms with Crippen molar-refractivity contribution in [2.45, 2.75) is 39.8 Å². The first-order valence-corrected chi connectivity index (χ1v) is 7.28. The van der Waals surface area contributed by atoms with E-state index in [2.05, 4.69) is 5.32 Å². The van der Waals surface area contributed by atoms with Gasteiger partial charge in [0.2, 0.25) is 11.8 Å². The summed E-state index contributed by atoms with van der Waals surface area (Å²) >= 11 is 1.69. The highest BCUT2D eigenvalue weighted by Crippen LogP contribution is 2.27. The third-order valence-corrected chi connectivity index (χ3v) is 3.52. The number of nitrogens with one attached hydrogen (secondary N) is 1. The number of thioether (sulfide) groups is 1. The zero-order valence-electron chi connectivity index (χ0n) is 11.2. The number of nitrogens with zero attached hydrogens (tertiary/aromatic N) is 1. The lowest BCUT2D eigenvalue weighted by Gasteiger charge is -2.44. The Morgan fingerprint density at radius 2 is 1.94 bits per heavy atom. The van der Waals surface area contributed by atoms with E-state index in [9.17, 15) is 9.59 Å².